The smallest absolute Gasteiger partial charge is 0.326 e. The average molecular weight is 388 g/mol. The van der Waals surface area contributed by atoms with Gasteiger partial charge in [0, 0.05) is 16.5 Å². The lowest BCUT2D eigenvalue weighted by molar-refractivity contribution is 0.415. The van der Waals surface area contributed by atoms with Gasteiger partial charge in [-0.05, 0) is 73.2 Å². The van der Waals surface area contributed by atoms with Gasteiger partial charge in [0.05, 0.1) is 12.4 Å². The first-order chi connectivity index (χ1) is 13.8. The van der Waals surface area contributed by atoms with Gasteiger partial charge in [-0.15, -0.1) is 0 Å². The van der Waals surface area contributed by atoms with Gasteiger partial charge in [-0.25, -0.2) is 0 Å². The van der Waals surface area contributed by atoms with Crippen LogP contribution in [0.1, 0.15) is 35.1 Å². The highest BCUT2D eigenvalue weighted by atomic mass is 31.2. The molecule has 1 heterocycles. The third kappa shape index (κ3) is 2.20. The lowest BCUT2D eigenvalue weighted by Gasteiger charge is -2.34. The predicted octanol–water partition coefficient (Wildman–Crippen LogP) is 5.28. The van der Waals surface area contributed by atoms with Crippen molar-refractivity contribution in [2.45, 2.75) is 31.1 Å². The molecule has 0 aromatic heterocycles. The van der Waals surface area contributed by atoms with Crippen LogP contribution in [-0.4, -0.2) is 7.11 Å². The summed E-state index contributed by atoms with van der Waals surface area (Å²) in [5.41, 5.74) is 5.74. The summed E-state index contributed by atoms with van der Waals surface area (Å²) in [5, 5.41) is 1.05. The van der Waals surface area contributed by atoms with Gasteiger partial charge in [0.1, 0.15) is 17.2 Å². The Morgan fingerprint density at radius 1 is 0.786 bits per heavy atom. The van der Waals surface area contributed by atoms with E-state index in [9.17, 15) is 0 Å². The van der Waals surface area contributed by atoms with Gasteiger partial charge < -0.3 is 13.8 Å². The van der Waals surface area contributed by atoms with E-state index in [-0.39, 0.29) is 5.41 Å². The highest BCUT2D eigenvalue weighted by molar-refractivity contribution is 7.56. The topological polar surface area (TPSA) is 27.7 Å². The van der Waals surface area contributed by atoms with Crippen LogP contribution in [0.3, 0.4) is 0 Å². The van der Waals surface area contributed by atoms with E-state index in [1.165, 1.54) is 22.3 Å². The van der Waals surface area contributed by atoms with Gasteiger partial charge in [-0.2, -0.15) is 0 Å². The van der Waals surface area contributed by atoms with Crippen molar-refractivity contribution in [2.24, 2.45) is 0 Å². The Morgan fingerprint density at radius 2 is 1.36 bits per heavy atom. The molecular formula is C24H21O3P. The molecule has 0 atom stereocenters. The van der Waals surface area contributed by atoms with Crippen LogP contribution in [0.25, 0.3) is 0 Å². The SMILES string of the molecule is COc1ccc(P2Oc3cccc4c3C3(CC4)CCc4cccc(c43)O2)cc1. The molecule has 0 saturated heterocycles. The second-order valence-electron chi connectivity index (χ2n) is 7.80. The molecule has 1 aliphatic heterocycles. The molecule has 0 fully saturated rings. The number of rotatable bonds is 2. The minimum Gasteiger partial charge on any atom is -0.497 e. The van der Waals surface area contributed by atoms with Crippen LogP contribution in [0.5, 0.6) is 17.2 Å². The Labute approximate surface area is 166 Å². The normalized spacial score (nSPS) is 18.3. The molecule has 3 nitrogen and oxygen atoms in total. The van der Waals surface area contributed by atoms with Crippen molar-refractivity contribution in [3.05, 3.63) is 82.9 Å². The van der Waals surface area contributed by atoms with E-state index < -0.39 is 8.38 Å². The Bertz CT molecular complexity index is 1010. The summed E-state index contributed by atoms with van der Waals surface area (Å²) in [7, 11) is 0.416. The second kappa shape index (κ2) is 5.99. The Morgan fingerprint density at radius 3 is 1.89 bits per heavy atom. The molecule has 0 radical (unpaired) electrons. The number of methoxy groups -OCH3 is 1. The van der Waals surface area contributed by atoms with Crippen LogP contribution in [0.2, 0.25) is 0 Å². The number of hydrogen-bond donors (Lipinski definition) is 0. The van der Waals surface area contributed by atoms with Crippen LogP contribution < -0.4 is 19.1 Å². The van der Waals surface area contributed by atoms with E-state index in [0.29, 0.717) is 0 Å². The fourth-order valence-corrected chi connectivity index (χ4v) is 6.56. The first-order valence-electron chi connectivity index (χ1n) is 9.83. The quantitative estimate of drug-likeness (QED) is 0.559. The molecule has 4 heteroatoms. The zero-order valence-electron chi connectivity index (χ0n) is 15.8. The van der Waals surface area contributed by atoms with Crippen LogP contribution in [0, 0.1) is 0 Å². The largest absolute Gasteiger partial charge is 0.497 e. The first-order valence-corrected chi connectivity index (χ1v) is 11.0. The molecule has 0 N–H and O–H groups in total. The van der Waals surface area contributed by atoms with Crippen LogP contribution in [0.15, 0.2) is 60.7 Å². The van der Waals surface area contributed by atoms with Crippen LogP contribution >= 0.6 is 8.38 Å². The lowest BCUT2D eigenvalue weighted by atomic mass is 9.76. The van der Waals surface area contributed by atoms with E-state index >= 15 is 0 Å². The molecule has 3 aromatic rings. The van der Waals surface area contributed by atoms with E-state index in [1.807, 2.05) is 24.3 Å². The van der Waals surface area contributed by atoms with Gasteiger partial charge in [0.15, 0.2) is 0 Å². The maximum Gasteiger partial charge on any atom is 0.326 e. The summed E-state index contributed by atoms with van der Waals surface area (Å²) in [6.45, 7) is 0. The van der Waals surface area contributed by atoms with Crippen molar-refractivity contribution >= 4 is 13.7 Å². The molecule has 140 valence electrons. The summed E-state index contributed by atoms with van der Waals surface area (Å²) in [4.78, 5) is 0. The highest BCUT2D eigenvalue weighted by Gasteiger charge is 2.50. The van der Waals surface area contributed by atoms with Crippen molar-refractivity contribution in [1.29, 1.82) is 0 Å². The summed E-state index contributed by atoms with van der Waals surface area (Å²) in [5.74, 6) is 2.84. The summed E-state index contributed by atoms with van der Waals surface area (Å²) in [6, 6.07) is 21.1. The van der Waals surface area contributed by atoms with Crippen molar-refractivity contribution in [1.82, 2.24) is 0 Å². The average Bonchev–Trinajstić information content (AvgIpc) is 3.30. The third-order valence-electron chi connectivity index (χ3n) is 6.47. The zero-order valence-corrected chi connectivity index (χ0v) is 16.7. The fraction of sp³-hybridized carbons (Fsp3) is 0.250. The van der Waals surface area contributed by atoms with Gasteiger partial charge in [-0.1, -0.05) is 24.3 Å². The molecule has 0 unspecified atom stereocenters. The molecule has 0 saturated carbocycles. The zero-order chi connectivity index (χ0) is 18.7. The number of hydrogen-bond acceptors (Lipinski definition) is 3. The molecular weight excluding hydrogens is 367 g/mol. The maximum absolute atomic E-state index is 6.60. The second-order valence-corrected chi connectivity index (χ2v) is 9.20. The number of aryl methyl sites for hydroxylation is 2. The minimum atomic E-state index is -1.27. The third-order valence-corrected chi connectivity index (χ3v) is 7.91. The predicted molar refractivity (Wildman–Crippen MR) is 111 cm³/mol. The molecule has 0 bridgehead atoms. The van der Waals surface area contributed by atoms with Gasteiger partial charge in [-0.3, -0.25) is 0 Å². The van der Waals surface area contributed by atoms with Crippen LogP contribution in [-0.2, 0) is 18.3 Å². The lowest BCUT2D eigenvalue weighted by Crippen LogP contribution is -2.25. The van der Waals surface area contributed by atoms with Crippen molar-refractivity contribution in [2.75, 3.05) is 7.11 Å². The standard InChI is InChI=1S/C24H21O3P/c1-25-18-8-10-19(11-9-18)28-26-20-6-2-4-16-12-14-24(22(16)20)15-13-17-5-3-7-21(27-28)23(17)24/h2-11H,12-15H2,1H3. The summed E-state index contributed by atoms with van der Waals surface area (Å²) in [6.07, 6.45) is 4.52. The van der Waals surface area contributed by atoms with E-state index in [2.05, 4.69) is 36.4 Å². The van der Waals surface area contributed by atoms with E-state index in [0.717, 1.165) is 48.2 Å². The Kier molecular flexibility index (Phi) is 3.52. The molecule has 3 aliphatic rings. The van der Waals surface area contributed by atoms with Crippen LogP contribution in [0.4, 0.5) is 0 Å². The van der Waals surface area contributed by atoms with Crippen molar-refractivity contribution in [3.8, 4) is 17.2 Å². The maximum atomic E-state index is 6.60. The Hall–Kier alpha value is -2.51. The number of ether oxygens (including phenoxy) is 1. The molecule has 6 rings (SSSR count). The van der Waals surface area contributed by atoms with Gasteiger partial charge >= 0.3 is 8.38 Å². The molecule has 1 spiro atoms. The van der Waals surface area contributed by atoms with E-state index in [4.69, 9.17) is 13.8 Å². The van der Waals surface area contributed by atoms with Crippen molar-refractivity contribution in [3.63, 3.8) is 0 Å². The fourth-order valence-electron chi connectivity index (χ4n) is 5.26. The summed E-state index contributed by atoms with van der Waals surface area (Å²) < 4.78 is 18.5. The molecule has 3 aromatic carbocycles. The highest BCUT2D eigenvalue weighted by Crippen LogP contribution is 2.61. The Balaban J connectivity index is 1.56. The first kappa shape index (κ1) is 16.4. The summed E-state index contributed by atoms with van der Waals surface area (Å²) >= 11 is 0. The monoisotopic (exact) mass is 388 g/mol. The molecule has 28 heavy (non-hydrogen) atoms. The van der Waals surface area contributed by atoms with Crippen molar-refractivity contribution < 1.29 is 13.8 Å². The minimum absolute atomic E-state index is 0.0547. The number of benzene rings is 3. The van der Waals surface area contributed by atoms with E-state index in [1.54, 1.807) is 7.11 Å². The van der Waals surface area contributed by atoms with Gasteiger partial charge in [0.25, 0.3) is 0 Å². The molecule has 2 aliphatic carbocycles. The van der Waals surface area contributed by atoms with Gasteiger partial charge in [0.2, 0.25) is 0 Å². The molecule has 0 amide bonds.